The van der Waals surface area contributed by atoms with Crippen molar-refractivity contribution in [1.29, 1.82) is 0 Å². The highest BCUT2D eigenvalue weighted by Gasteiger charge is 2.65. The van der Waals surface area contributed by atoms with Gasteiger partial charge in [-0.15, -0.1) is 18.3 Å². The quantitative estimate of drug-likeness (QED) is 0.0284. The second-order valence-corrected chi connectivity index (χ2v) is 19.6. The molecule has 67 heavy (non-hydrogen) atoms. The number of hydrogen-bond donors (Lipinski definition) is 2. The highest BCUT2D eigenvalue weighted by atomic mass is 32.2. The van der Waals surface area contributed by atoms with Gasteiger partial charge in [-0.1, -0.05) is 119 Å². The summed E-state index contributed by atoms with van der Waals surface area (Å²) >= 11 is 1.75. The first-order chi connectivity index (χ1) is 32.9. The first kappa shape index (κ1) is 52.2. The van der Waals surface area contributed by atoms with E-state index in [4.69, 9.17) is 24.2 Å². The van der Waals surface area contributed by atoms with Crippen LogP contribution in [0.5, 0.6) is 11.5 Å². The zero-order valence-corrected chi connectivity index (χ0v) is 41.1. The number of fused-ring (bicyclic) bond motifs is 2. The molecule has 9 nitrogen and oxygen atoms in total. The minimum absolute atomic E-state index is 0.0118. The molecule has 6 atom stereocenters. The van der Waals surface area contributed by atoms with E-state index in [-0.39, 0.29) is 55.8 Å². The molecule has 1 aliphatic heterocycles. The average Bonchev–Trinajstić information content (AvgIpc) is 3.34. The summed E-state index contributed by atoms with van der Waals surface area (Å²) in [6.07, 6.45) is 19.8. The first-order valence-electron chi connectivity index (χ1n) is 25.4. The van der Waals surface area contributed by atoms with Gasteiger partial charge in [-0.05, 0) is 104 Å². The molecule has 2 N–H and O–H groups in total. The molecule has 0 bridgehead atoms. The molecule has 0 spiro atoms. The summed E-state index contributed by atoms with van der Waals surface area (Å²) in [5.41, 5.74) is 3.58. The molecule has 1 amide bonds. The second-order valence-electron chi connectivity index (χ2n) is 18.4. The number of thioether (sulfide) groups is 1. The van der Waals surface area contributed by atoms with Crippen molar-refractivity contribution >= 4 is 23.4 Å². The molecule has 6 unspecified atom stereocenters. The van der Waals surface area contributed by atoms with Gasteiger partial charge in [0.2, 0.25) is 11.7 Å². The maximum Gasteiger partial charge on any atom is 0.239 e. The van der Waals surface area contributed by atoms with Crippen LogP contribution in [-0.2, 0) is 20.9 Å². The number of benzene rings is 3. The minimum Gasteiger partial charge on any atom is -0.493 e. The lowest BCUT2D eigenvalue weighted by Gasteiger charge is -2.60. The van der Waals surface area contributed by atoms with Crippen LogP contribution in [0.25, 0.3) is 0 Å². The van der Waals surface area contributed by atoms with Crippen molar-refractivity contribution in [3.63, 3.8) is 0 Å². The number of ether oxygens (including phenoxy) is 3. The Morgan fingerprint density at radius 1 is 0.910 bits per heavy atom. The molecule has 0 saturated heterocycles. The zero-order valence-electron chi connectivity index (χ0n) is 40.3. The number of unbranched alkanes of at least 4 members (excludes halogenated alkanes) is 10. The monoisotopic (exact) mass is 941 g/mol. The predicted molar refractivity (Wildman–Crippen MR) is 268 cm³/mol. The van der Waals surface area contributed by atoms with Gasteiger partial charge in [0.15, 0.2) is 0 Å². The van der Waals surface area contributed by atoms with E-state index >= 15 is 4.79 Å². The number of carbonyl (C=O) groups is 1. The van der Waals surface area contributed by atoms with E-state index in [9.17, 15) is 14.6 Å². The number of carbonyl (C=O) groups excluding carboxylic acids is 1. The number of amides is 1. The van der Waals surface area contributed by atoms with Gasteiger partial charge in [-0.3, -0.25) is 4.79 Å². The Hall–Kier alpha value is -4.16. The van der Waals surface area contributed by atoms with Crippen LogP contribution in [0.3, 0.4) is 0 Å². The zero-order chi connectivity index (χ0) is 47.3. The fourth-order valence-electron chi connectivity index (χ4n) is 10.6. The van der Waals surface area contributed by atoms with Crippen molar-refractivity contribution in [1.82, 2.24) is 4.90 Å². The normalized spacial score (nSPS) is 22.3. The van der Waals surface area contributed by atoms with Crippen LogP contribution < -0.4 is 9.47 Å². The van der Waals surface area contributed by atoms with E-state index in [1.807, 2.05) is 42.2 Å². The Bertz CT molecular complexity index is 2010. The average molecular weight is 941 g/mol. The van der Waals surface area contributed by atoms with E-state index in [1.165, 1.54) is 55.6 Å². The van der Waals surface area contributed by atoms with Crippen LogP contribution in [0.1, 0.15) is 140 Å². The number of aliphatic hydroxyl groups is 2. The fourth-order valence-corrected chi connectivity index (χ4v) is 11.4. The van der Waals surface area contributed by atoms with Crippen molar-refractivity contribution in [3.8, 4) is 11.5 Å². The lowest BCUT2D eigenvalue weighted by molar-refractivity contribution is -0.258. The van der Waals surface area contributed by atoms with Gasteiger partial charge in [0.05, 0.1) is 24.8 Å². The summed E-state index contributed by atoms with van der Waals surface area (Å²) in [7, 11) is 0. The molecule has 1 fully saturated rings. The molecule has 2 aliphatic carbocycles. The minimum atomic E-state index is -1.38. The van der Waals surface area contributed by atoms with Gasteiger partial charge in [0.1, 0.15) is 30.0 Å². The first-order valence-corrected chi connectivity index (χ1v) is 26.4. The summed E-state index contributed by atoms with van der Waals surface area (Å²) in [6.45, 7) is 9.76. The van der Waals surface area contributed by atoms with Gasteiger partial charge < -0.3 is 34.2 Å². The van der Waals surface area contributed by atoms with Crippen molar-refractivity contribution in [2.75, 3.05) is 38.8 Å². The van der Waals surface area contributed by atoms with Gasteiger partial charge >= 0.3 is 0 Å². The lowest BCUT2D eigenvalue weighted by atomic mass is 9.55. The van der Waals surface area contributed by atoms with Crippen LogP contribution in [0, 0.1) is 23.6 Å². The van der Waals surface area contributed by atoms with E-state index in [0.717, 1.165) is 78.9 Å². The molecule has 3 aliphatic rings. The number of halogens is 1. The molecule has 3 aromatic carbocycles. The van der Waals surface area contributed by atoms with Crippen molar-refractivity contribution < 1.29 is 38.4 Å². The number of rotatable bonds is 31. The predicted octanol–water partition coefficient (Wildman–Crippen LogP) is 12.6. The van der Waals surface area contributed by atoms with Crippen LogP contribution in [0.15, 0.2) is 107 Å². The number of oxime groups is 1. The third kappa shape index (κ3) is 14.2. The number of hydrogen-bond acceptors (Lipinski definition) is 9. The van der Waals surface area contributed by atoms with Crippen LogP contribution in [0.4, 0.5) is 4.39 Å². The summed E-state index contributed by atoms with van der Waals surface area (Å²) in [4.78, 5) is 24.2. The maximum absolute atomic E-state index is 15.1. The van der Waals surface area contributed by atoms with Crippen LogP contribution in [-0.4, -0.2) is 77.3 Å². The fraction of sp³-hybridized carbons (Fsp3) is 0.571. The summed E-state index contributed by atoms with van der Waals surface area (Å²) < 4.78 is 35.6. The molecular formula is C56H77FN2O7S. The van der Waals surface area contributed by atoms with Gasteiger partial charge in [-0.25, -0.2) is 4.39 Å². The number of allylic oxidation sites excluding steroid dienone is 1. The molecule has 0 aromatic heterocycles. The van der Waals surface area contributed by atoms with Gasteiger partial charge in [0.25, 0.3) is 0 Å². The molecule has 11 heteroatoms. The van der Waals surface area contributed by atoms with Gasteiger partial charge in [-0.2, -0.15) is 0 Å². The molecule has 3 aromatic rings. The molecule has 1 heterocycles. The smallest absolute Gasteiger partial charge is 0.239 e. The second kappa shape index (κ2) is 27.7. The standard InChI is InChI=1S/C56H77FN2O7S/c1-4-7-8-9-10-11-12-13-17-26-53(62)59(41-42-27-29-44(57)30-28-42)52-40-50(58-65-6-3)48-38-43(22-18-20-33-60)47(25-19-21-34-61)54-49-39-45(63-36-37-67-46-23-15-14-16-24-46)31-32-51(49)66-56(52,55(48)54)64-35-5-2/h5,14-16,23-24,27-32,38-39,43,47,52,54-55,60-61H,2,4,6-13,17-22,25-26,33-37,40-41H2,1,3H3. The molecular weight excluding hydrogens is 864 g/mol. The number of nitrogens with zero attached hydrogens (tertiary/aromatic N) is 2. The number of aliphatic hydroxyl groups excluding tert-OH is 2. The van der Waals surface area contributed by atoms with Gasteiger partial charge in [0, 0.05) is 54.7 Å². The van der Waals surface area contributed by atoms with E-state index in [1.54, 1.807) is 30.0 Å². The van der Waals surface area contributed by atoms with E-state index in [0.29, 0.717) is 44.6 Å². The Kier molecular flexibility index (Phi) is 21.6. The molecule has 6 rings (SSSR count). The Morgan fingerprint density at radius 3 is 2.33 bits per heavy atom. The summed E-state index contributed by atoms with van der Waals surface area (Å²) in [6, 6.07) is 22.2. The van der Waals surface area contributed by atoms with Crippen molar-refractivity contribution in [3.05, 3.63) is 114 Å². The largest absolute Gasteiger partial charge is 0.493 e. The summed E-state index contributed by atoms with van der Waals surface area (Å²) in [5.74, 6) is 0.104. The van der Waals surface area contributed by atoms with E-state index in [2.05, 4.69) is 37.8 Å². The van der Waals surface area contributed by atoms with E-state index < -0.39 is 17.7 Å². The third-order valence-electron chi connectivity index (χ3n) is 13.8. The van der Waals surface area contributed by atoms with Crippen molar-refractivity contribution in [2.24, 2.45) is 22.9 Å². The topological polar surface area (TPSA) is 110 Å². The lowest BCUT2D eigenvalue weighted by Crippen LogP contribution is -2.70. The van der Waals surface area contributed by atoms with Crippen molar-refractivity contribution in [2.45, 2.75) is 152 Å². The Labute approximate surface area is 404 Å². The highest BCUT2D eigenvalue weighted by Crippen LogP contribution is 2.62. The molecule has 1 saturated carbocycles. The van der Waals surface area contributed by atoms with Crippen LogP contribution >= 0.6 is 11.8 Å². The SMILES string of the molecule is C=CCOC12Oc3ccc(OCCSc4ccccc4)cc3C3C(CCCCO)C(CCCCO)C=C(C(=NOCC)CC1N(Cc1ccc(F)cc1)C(=O)CCCCCCCCCCC)C32. The van der Waals surface area contributed by atoms with Crippen LogP contribution in [0.2, 0.25) is 0 Å². The molecule has 366 valence electrons. The third-order valence-corrected chi connectivity index (χ3v) is 14.7. The molecule has 0 radical (unpaired) electrons. The highest BCUT2D eigenvalue weighted by molar-refractivity contribution is 7.99. The Morgan fingerprint density at radius 2 is 1.63 bits per heavy atom. The Balaban J connectivity index is 1.45. The summed E-state index contributed by atoms with van der Waals surface area (Å²) in [5, 5.41) is 24.8. The maximum atomic E-state index is 15.1.